The molecule has 1 aromatic carbocycles. The monoisotopic (exact) mass is 721 g/mol. The quantitative estimate of drug-likeness (QED) is 0.189. The Morgan fingerprint density at radius 1 is 1.22 bits per heavy atom. The van der Waals surface area contributed by atoms with Crippen molar-refractivity contribution in [3.63, 3.8) is 0 Å². The number of nitrogens with zero attached hydrogens (tertiary/aromatic N) is 3. The highest BCUT2D eigenvalue weighted by Crippen LogP contribution is 2.42. The number of nitrogens with one attached hydrogen (secondary N) is 2. The lowest BCUT2D eigenvalue weighted by Gasteiger charge is -2.45. The van der Waals surface area contributed by atoms with Gasteiger partial charge in [-0.2, -0.15) is 0 Å². The largest absolute Gasteiger partial charge is 0.483 e. The summed E-state index contributed by atoms with van der Waals surface area (Å²) in [6.07, 6.45) is 4.14. The predicted molar refractivity (Wildman–Crippen MR) is 184 cm³/mol. The molecule has 0 radical (unpaired) electrons. The molecule has 49 heavy (non-hydrogen) atoms. The van der Waals surface area contributed by atoms with Crippen LogP contribution in [0.3, 0.4) is 0 Å². The molecule has 12 atom stereocenters. The van der Waals surface area contributed by atoms with Gasteiger partial charge in [-0.25, -0.2) is 4.68 Å². The van der Waals surface area contributed by atoms with E-state index in [2.05, 4.69) is 34.8 Å². The Labute approximate surface area is 295 Å². The molecular weight excluding hydrogens is 674 g/mol. The van der Waals surface area contributed by atoms with Crippen molar-refractivity contribution in [3.8, 4) is 5.69 Å². The average Bonchev–Trinajstić information content (AvgIpc) is 3.66. The van der Waals surface area contributed by atoms with Crippen molar-refractivity contribution in [3.05, 3.63) is 53.3 Å². The summed E-state index contributed by atoms with van der Waals surface area (Å²) < 4.78 is 14.3. The van der Waals surface area contributed by atoms with Gasteiger partial charge in [0.05, 0.1) is 35.0 Å². The van der Waals surface area contributed by atoms with Crippen LogP contribution in [0.2, 0.25) is 5.02 Å². The number of amides is 1. The summed E-state index contributed by atoms with van der Waals surface area (Å²) in [5, 5.41) is 55.6. The second kappa shape index (κ2) is 17.1. The summed E-state index contributed by atoms with van der Waals surface area (Å²) in [5.41, 5.74) is 0.542. The number of ether oxygens (including phenoxy) is 2. The maximum absolute atomic E-state index is 13.9. The number of aliphatic hydroxyl groups is 3. The first-order valence-corrected chi connectivity index (χ1v) is 18.3. The van der Waals surface area contributed by atoms with Crippen LogP contribution in [0.15, 0.2) is 42.6 Å². The second-order valence-corrected chi connectivity index (χ2v) is 15.5. The fourth-order valence-electron chi connectivity index (χ4n) is 7.44. The summed E-state index contributed by atoms with van der Waals surface area (Å²) >= 11 is 7.48. The van der Waals surface area contributed by atoms with E-state index in [4.69, 9.17) is 31.0 Å². The van der Waals surface area contributed by atoms with Gasteiger partial charge in [0.25, 0.3) is 6.47 Å². The molecular formula is C34H48ClN5O8S. The molecule has 4 aliphatic rings. The standard InChI is InChI=1S/C33H46ClN5O6S.CH2O2/c1-17(2)12-19-10-11-44-30-20(13-19)15-35-26(30)32(43)36-25-18(3)6-4-9-24(46-33-29(42)27(40)28(41)31(25)45-33)23-16-39(38-37-23)22-8-5-7-21(34)14-22;2-1-3/h4-8,14,16-20,24-31,33,35,40-42H,9-13,15H2,1-3H3,(H,36,43);1H,(H,2,3)/t18-,19+,20+,24+,25-,26+,27+,28-,29-,30-,31-,33-;/m1./s1. The van der Waals surface area contributed by atoms with Crippen molar-refractivity contribution < 1.29 is 39.5 Å². The molecule has 1 amide bonds. The smallest absolute Gasteiger partial charge is 0.290 e. The molecule has 0 saturated carbocycles. The Hall–Kier alpha value is -2.56. The molecule has 1 aromatic heterocycles. The number of thioether (sulfide) groups is 1. The highest BCUT2D eigenvalue weighted by Gasteiger charge is 2.50. The molecule has 0 spiro atoms. The molecule has 3 saturated heterocycles. The van der Waals surface area contributed by atoms with Gasteiger partial charge in [-0.05, 0) is 67.6 Å². The molecule has 15 heteroatoms. The minimum absolute atomic E-state index is 0.215. The van der Waals surface area contributed by atoms with Gasteiger partial charge in [0.15, 0.2) is 0 Å². The summed E-state index contributed by atoms with van der Waals surface area (Å²) in [4.78, 5) is 22.2. The molecule has 5 heterocycles. The molecule has 2 bridgehead atoms. The fraction of sp³-hybridized carbons (Fsp3) is 0.647. The topological polar surface area (TPSA) is 188 Å². The first kappa shape index (κ1) is 37.7. The van der Waals surface area contributed by atoms with E-state index in [1.165, 1.54) is 11.8 Å². The van der Waals surface area contributed by atoms with Gasteiger partial charge >= 0.3 is 0 Å². The normalized spacial score (nSPS) is 36.2. The highest BCUT2D eigenvalue weighted by atomic mass is 35.5. The van der Waals surface area contributed by atoms with Crippen LogP contribution in [-0.2, 0) is 19.1 Å². The summed E-state index contributed by atoms with van der Waals surface area (Å²) in [6, 6.07) is 6.11. The number of halogens is 1. The number of hydrogen-bond acceptors (Lipinski definition) is 11. The number of carboxylic acid groups (broad SMARTS) is 1. The van der Waals surface area contributed by atoms with E-state index < -0.39 is 41.9 Å². The van der Waals surface area contributed by atoms with Gasteiger partial charge in [0.2, 0.25) is 5.91 Å². The Morgan fingerprint density at radius 3 is 2.73 bits per heavy atom. The highest BCUT2D eigenvalue weighted by molar-refractivity contribution is 8.00. The van der Waals surface area contributed by atoms with Crippen LogP contribution in [0.5, 0.6) is 0 Å². The van der Waals surface area contributed by atoms with Crippen molar-refractivity contribution in [2.24, 2.45) is 23.7 Å². The molecule has 4 aliphatic heterocycles. The fourth-order valence-corrected chi connectivity index (χ4v) is 8.93. The number of carbonyl (C=O) groups excluding carboxylic acids is 1. The Balaban J connectivity index is 0.00000151. The van der Waals surface area contributed by atoms with Gasteiger partial charge in [-0.15, -0.1) is 16.9 Å². The molecule has 13 nitrogen and oxygen atoms in total. The number of aromatic nitrogens is 3. The number of hydrogen-bond donors (Lipinski definition) is 6. The van der Waals surface area contributed by atoms with Crippen molar-refractivity contribution in [1.29, 1.82) is 0 Å². The minimum atomic E-state index is -1.47. The number of rotatable bonds is 6. The zero-order chi connectivity index (χ0) is 35.2. The van der Waals surface area contributed by atoms with Crippen LogP contribution < -0.4 is 10.6 Å². The second-order valence-electron chi connectivity index (χ2n) is 13.8. The van der Waals surface area contributed by atoms with Gasteiger partial charge in [0, 0.05) is 18.2 Å². The van der Waals surface area contributed by atoms with Crippen molar-refractivity contribution >= 4 is 35.7 Å². The predicted octanol–water partition coefficient (Wildman–Crippen LogP) is 2.71. The Kier molecular flexibility index (Phi) is 13.2. The third-order valence-electron chi connectivity index (χ3n) is 9.79. The lowest BCUT2D eigenvalue weighted by Crippen LogP contribution is -2.65. The van der Waals surface area contributed by atoms with Crippen LogP contribution in [0, 0.1) is 23.7 Å². The number of benzene rings is 1. The van der Waals surface area contributed by atoms with Crippen molar-refractivity contribution in [1.82, 2.24) is 25.6 Å². The summed E-state index contributed by atoms with van der Waals surface area (Å²) in [5.74, 6) is 0.980. The van der Waals surface area contributed by atoms with Crippen molar-refractivity contribution in [2.45, 2.75) is 99.7 Å². The Bertz CT molecular complexity index is 1430. The van der Waals surface area contributed by atoms with E-state index >= 15 is 0 Å². The molecule has 0 unspecified atom stereocenters. The van der Waals surface area contributed by atoms with E-state index in [9.17, 15) is 20.1 Å². The van der Waals surface area contributed by atoms with Crippen LogP contribution in [-0.4, -0.2) is 109 Å². The van der Waals surface area contributed by atoms with E-state index in [1.54, 1.807) is 16.8 Å². The van der Waals surface area contributed by atoms with Crippen LogP contribution in [0.4, 0.5) is 0 Å². The SMILES string of the molecule is CC(C)C[C@@H]1CCO[C@@H]2[C@H](CN[C@@H]2C(=O)N[C@H]2[C@H]3O[C@H](S[C@H](c4cn(-c5cccc(Cl)c5)nn4)CC=C[C@H]2C)[C@H](O)[C@@H](O)[C@H]3O)C1.O=CO. The molecule has 6 N–H and O–H groups in total. The molecule has 0 aliphatic carbocycles. The van der Waals surface area contributed by atoms with Crippen LogP contribution >= 0.6 is 23.4 Å². The van der Waals surface area contributed by atoms with Gasteiger partial charge in [-0.1, -0.05) is 55.8 Å². The number of aliphatic hydroxyl groups excluding tert-OH is 3. The van der Waals surface area contributed by atoms with Gasteiger partial charge in [-0.3, -0.25) is 9.59 Å². The molecule has 6 rings (SSSR count). The van der Waals surface area contributed by atoms with E-state index in [0.717, 1.165) is 24.9 Å². The first-order valence-electron chi connectivity index (χ1n) is 16.9. The lowest BCUT2D eigenvalue weighted by atomic mass is 9.85. The number of fused-ring (bicyclic) bond motifs is 3. The minimum Gasteiger partial charge on any atom is -0.483 e. The van der Waals surface area contributed by atoms with Gasteiger partial charge < -0.3 is 40.5 Å². The lowest BCUT2D eigenvalue weighted by molar-refractivity contribution is -0.207. The Morgan fingerprint density at radius 2 is 2.00 bits per heavy atom. The maximum atomic E-state index is 13.9. The molecule has 3 fully saturated rings. The van der Waals surface area contributed by atoms with Crippen LogP contribution in [0.25, 0.3) is 5.69 Å². The molecule has 270 valence electrons. The summed E-state index contributed by atoms with van der Waals surface area (Å²) in [7, 11) is 0. The van der Waals surface area contributed by atoms with Crippen molar-refractivity contribution in [2.75, 3.05) is 13.2 Å². The van der Waals surface area contributed by atoms with E-state index in [1.807, 2.05) is 37.4 Å². The number of allylic oxidation sites excluding steroid dienone is 1. The summed E-state index contributed by atoms with van der Waals surface area (Å²) in [6.45, 7) is 7.54. The number of carbonyl (C=O) groups is 2. The third kappa shape index (κ3) is 9.03. The zero-order valence-electron chi connectivity index (χ0n) is 27.9. The van der Waals surface area contributed by atoms with Gasteiger partial charge in [0.1, 0.15) is 35.9 Å². The van der Waals surface area contributed by atoms with E-state index in [0.29, 0.717) is 42.1 Å². The maximum Gasteiger partial charge on any atom is 0.290 e. The zero-order valence-corrected chi connectivity index (χ0v) is 29.5. The first-order chi connectivity index (χ1) is 23.5. The van der Waals surface area contributed by atoms with Crippen LogP contribution in [0.1, 0.15) is 57.4 Å². The van der Waals surface area contributed by atoms with E-state index in [-0.39, 0.29) is 35.6 Å². The average molecular weight is 722 g/mol. The molecule has 2 aromatic rings. The third-order valence-corrected chi connectivity index (χ3v) is 11.4.